The van der Waals surface area contributed by atoms with Crippen molar-refractivity contribution < 1.29 is 27.2 Å². The molecule has 0 unspecified atom stereocenters. The lowest BCUT2D eigenvalue weighted by Crippen LogP contribution is -2.16. The summed E-state index contributed by atoms with van der Waals surface area (Å²) in [6.45, 7) is 0. The summed E-state index contributed by atoms with van der Waals surface area (Å²) >= 11 is 0. The molecule has 0 spiro atoms. The number of anilines is 2. The van der Waals surface area contributed by atoms with E-state index in [0.29, 0.717) is 11.4 Å². The number of carbonyl (C=O) groups excluding carboxylic acids is 2. The predicted octanol–water partition coefficient (Wildman–Crippen LogP) is 4.73. The third kappa shape index (κ3) is 5.00. The van der Waals surface area contributed by atoms with Crippen molar-refractivity contribution in [1.82, 2.24) is 0 Å². The molecular formula is C20H15F3N2O3. The van der Waals surface area contributed by atoms with Gasteiger partial charge in [0.25, 0.3) is 5.91 Å². The fraction of sp³-hybridized carbons (Fsp3) is 0.100. The molecule has 8 heteroatoms. The average molecular weight is 388 g/mol. The second-order valence-electron chi connectivity index (χ2n) is 5.94. The van der Waals surface area contributed by atoms with Gasteiger partial charge in [-0.25, -0.2) is 0 Å². The van der Waals surface area contributed by atoms with Crippen LogP contribution in [0.4, 0.5) is 24.5 Å². The van der Waals surface area contributed by atoms with Gasteiger partial charge in [0.1, 0.15) is 0 Å². The quantitative estimate of drug-likeness (QED) is 0.664. The van der Waals surface area contributed by atoms with E-state index in [0.717, 1.165) is 12.1 Å². The molecule has 1 aromatic heterocycles. The highest BCUT2D eigenvalue weighted by Gasteiger charge is 2.30. The molecule has 0 fully saturated rings. The number of halogens is 3. The van der Waals surface area contributed by atoms with Crippen LogP contribution in [0.3, 0.4) is 0 Å². The number of hydrogen-bond donors (Lipinski definition) is 2. The largest absolute Gasteiger partial charge is 0.459 e. The number of hydrogen-bond acceptors (Lipinski definition) is 3. The van der Waals surface area contributed by atoms with E-state index in [4.69, 9.17) is 4.42 Å². The molecular weight excluding hydrogens is 373 g/mol. The molecule has 0 saturated heterocycles. The van der Waals surface area contributed by atoms with E-state index in [-0.39, 0.29) is 17.7 Å². The van der Waals surface area contributed by atoms with Gasteiger partial charge in [-0.05, 0) is 42.0 Å². The van der Waals surface area contributed by atoms with Crippen molar-refractivity contribution in [1.29, 1.82) is 0 Å². The van der Waals surface area contributed by atoms with Crippen LogP contribution in [-0.4, -0.2) is 11.8 Å². The summed E-state index contributed by atoms with van der Waals surface area (Å²) in [5, 5.41) is 5.22. The standard InChI is InChI=1S/C20H15F3N2O3/c21-20(22,23)14-5-1-4-13(10-14)11-18(26)24-15-6-2-7-16(12-15)25-19(27)17-8-3-9-28-17/h1-10,12H,11H2,(H,24,26)(H,25,27). The number of alkyl halides is 3. The maximum Gasteiger partial charge on any atom is 0.416 e. The van der Waals surface area contributed by atoms with Crippen molar-refractivity contribution in [3.8, 4) is 0 Å². The second kappa shape index (κ2) is 7.99. The topological polar surface area (TPSA) is 71.3 Å². The molecule has 2 aromatic carbocycles. The Kier molecular flexibility index (Phi) is 5.49. The van der Waals surface area contributed by atoms with E-state index in [1.807, 2.05) is 0 Å². The summed E-state index contributed by atoms with van der Waals surface area (Å²) in [5.74, 6) is -0.787. The summed E-state index contributed by atoms with van der Waals surface area (Å²) in [6, 6.07) is 14.1. The molecule has 0 aliphatic carbocycles. The van der Waals surface area contributed by atoms with Crippen LogP contribution in [0.25, 0.3) is 0 Å². The van der Waals surface area contributed by atoms with Crippen molar-refractivity contribution in [3.05, 3.63) is 83.8 Å². The Labute approximate surface area is 158 Å². The van der Waals surface area contributed by atoms with E-state index < -0.39 is 23.6 Å². The smallest absolute Gasteiger partial charge is 0.416 e. The summed E-state index contributed by atoms with van der Waals surface area (Å²) in [4.78, 5) is 24.1. The molecule has 28 heavy (non-hydrogen) atoms. The van der Waals surface area contributed by atoms with Gasteiger partial charge >= 0.3 is 6.18 Å². The summed E-state index contributed by atoms with van der Waals surface area (Å²) in [6.07, 6.45) is -3.31. The highest BCUT2D eigenvalue weighted by Crippen LogP contribution is 2.29. The molecule has 144 valence electrons. The van der Waals surface area contributed by atoms with Crippen LogP contribution in [0.5, 0.6) is 0 Å². The first kappa shape index (κ1) is 19.2. The molecule has 5 nitrogen and oxygen atoms in total. The minimum Gasteiger partial charge on any atom is -0.459 e. The van der Waals surface area contributed by atoms with Gasteiger partial charge in [-0.2, -0.15) is 13.2 Å². The third-order valence-electron chi connectivity index (χ3n) is 3.77. The van der Waals surface area contributed by atoms with Crippen LogP contribution in [0, 0.1) is 0 Å². The maximum atomic E-state index is 12.8. The second-order valence-corrected chi connectivity index (χ2v) is 5.94. The zero-order valence-electron chi connectivity index (χ0n) is 14.4. The molecule has 2 amide bonds. The lowest BCUT2D eigenvalue weighted by atomic mass is 10.1. The monoisotopic (exact) mass is 388 g/mol. The van der Waals surface area contributed by atoms with Gasteiger partial charge in [-0.15, -0.1) is 0 Å². The summed E-state index contributed by atoms with van der Waals surface area (Å²) in [7, 11) is 0. The normalized spacial score (nSPS) is 11.1. The van der Waals surface area contributed by atoms with Crippen molar-refractivity contribution in [2.75, 3.05) is 10.6 Å². The fourth-order valence-electron chi connectivity index (χ4n) is 2.52. The minimum atomic E-state index is -4.47. The first-order chi connectivity index (χ1) is 13.3. The summed E-state index contributed by atoms with van der Waals surface area (Å²) in [5.41, 5.74) is 0.266. The number of carbonyl (C=O) groups is 2. The lowest BCUT2D eigenvalue weighted by molar-refractivity contribution is -0.137. The van der Waals surface area contributed by atoms with Gasteiger partial charge in [0.05, 0.1) is 18.2 Å². The first-order valence-corrected chi connectivity index (χ1v) is 8.22. The summed E-state index contributed by atoms with van der Waals surface area (Å²) < 4.78 is 43.3. The average Bonchev–Trinajstić information content (AvgIpc) is 3.16. The lowest BCUT2D eigenvalue weighted by Gasteiger charge is -2.10. The molecule has 0 aliphatic heterocycles. The maximum absolute atomic E-state index is 12.8. The Balaban J connectivity index is 1.64. The van der Waals surface area contributed by atoms with Gasteiger partial charge in [0.2, 0.25) is 5.91 Å². The van der Waals surface area contributed by atoms with E-state index in [2.05, 4.69) is 10.6 Å². The highest BCUT2D eigenvalue weighted by atomic mass is 19.4. The van der Waals surface area contributed by atoms with Gasteiger partial charge in [-0.3, -0.25) is 9.59 Å². The predicted molar refractivity (Wildman–Crippen MR) is 96.9 cm³/mol. The molecule has 0 radical (unpaired) electrons. The van der Waals surface area contributed by atoms with Crippen LogP contribution in [-0.2, 0) is 17.4 Å². The first-order valence-electron chi connectivity index (χ1n) is 8.22. The molecule has 0 saturated carbocycles. The van der Waals surface area contributed by atoms with Crippen molar-refractivity contribution in [2.24, 2.45) is 0 Å². The Morgan fingerprint density at radius 3 is 2.29 bits per heavy atom. The highest BCUT2D eigenvalue weighted by molar-refractivity contribution is 6.02. The Morgan fingerprint density at radius 2 is 1.61 bits per heavy atom. The van der Waals surface area contributed by atoms with Crippen LogP contribution >= 0.6 is 0 Å². The molecule has 0 aliphatic rings. The van der Waals surface area contributed by atoms with Crippen molar-refractivity contribution >= 4 is 23.2 Å². The zero-order chi connectivity index (χ0) is 20.1. The van der Waals surface area contributed by atoms with E-state index in [1.165, 1.54) is 30.5 Å². The van der Waals surface area contributed by atoms with Crippen molar-refractivity contribution in [2.45, 2.75) is 12.6 Å². The Hall–Kier alpha value is -3.55. The number of furan rings is 1. The molecule has 3 aromatic rings. The van der Waals surface area contributed by atoms with E-state index >= 15 is 0 Å². The fourth-order valence-corrected chi connectivity index (χ4v) is 2.52. The Morgan fingerprint density at radius 1 is 0.893 bits per heavy atom. The van der Waals surface area contributed by atoms with Gasteiger partial charge in [0, 0.05) is 11.4 Å². The molecule has 0 atom stereocenters. The molecule has 1 heterocycles. The Bertz CT molecular complexity index is 982. The molecule has 3 rings (SSSR count). The molecule has 0 bridgehead atoms. The molecule has 2 N–H and O–H groups in total. The minimum absolute atomic E-state index is 0.138. The van der Waals surface area contributed by atoms with Crippen LogP contribution in [0.1, 0.15) is 21.7 Å². The number of rotatable bonds is 5. The number of nitrogens with one attached hydrogen (secondary N) is 2. The van der Waals surface area contributed by atoms with Gasteiger partial charge < -0.3 is 15.1 Å². The number of benzene rings is 2. The van der Waals surface area contributed by atoms with E-state index in [1.54, 1.807) is 24.3 Å². The van der Waals surface area contributed by atoms with Crippen LogP contribution in [0.2, 0.25) is 0 Å². The SMILES string of the molecule is O=C(Cc1cccc(C(F)(F)F)c1)Nc1cccc(NC(=O)c2ccco2)c1. The van der Waals surface area contributed by atoms with Crippen molar-refractivity contribution in [3.63, 3.8) is 0 Å². The third-order valence-corrected chi connectivity index (χ3v) is 3.77. The number of amides is 2. The van der Waals surface area contributed by atoms with Crippen LogP contribution in [0.15, 0.2) is 71.3 Å². The van der Waals surface area contributed by atoms with Crippen LogP contribution < -0.4 is 10.6 Å². The van der Waals surface area contributed by atoms with Gasteiger partial charge in [-0.1, -0.05) is 24.3 Å². The zero-order valence-corrected chi connectivity index (χ0v) is 14.4. The van der Waals surface area contributed by atoms with Gasteiger partial charge in [0.15, 0.2) is 5.76 Å². The van der Waals surface area contributed by atoms with E-state index in [9.17, 15) is 22.8 Å².